The second-order valence-corrected chi connectivity index (χ2v) is 4.36. The van der Waals surface area contributed by atoms with Crippen LogP contribution in [0.3, 0.4) is 0 Å². The minimum atomic E-state index is -4.53. The lowest BCUT2D eigenvalue weighted by atomic mass is 10.2. The van der Waals surface area contributed by atoms with Gasteiger partial charge < -0.3 is 14.9 Å². The van der Waals surface area contributed by atoms with E-state index in [-0.39, 0.29) is 5.56 Å². The summed E-state index contributed by atoms with van der Waals surface area (Å²) in [4.78, 5) is 17.3. The summed E-state index contributed by atoms with van der Waals surface area (Å²) in [5.41, 5.74) is 0.462. The third-order valence-corrected chi connectivity index (χ3v) is 2.59. The summed E-state index contributed by atoms with van der Waals surface area (Å²) in [7, 11) is -4.53. The first-order valence-electron chi connectivity index (χ1n) is 3.68. The van der Waals surface area contributed by atoms with Crippen molar-refractivity contribution in [1.29, 1.82) is 5.26 Å². The lowest BCUT2D eigenvalue weighted by Crippen LogP contribution is -1.97. The molecule has 14 heavy (non-hydrogen) atoms. The second-order valence-electron chi connectivity index (χ2n) is 2.70. The molecule has 74 valence electrons. The van der Waals surface area contributed by atoms with Gasteiger partial charge in [-0.05, 0) is 17.7 Å². The Morgan fingerprint density at radius 3 is 2.14 bits per heavy atom. The Bertz CT molecular complexity index is 402. The molecule has 3 N–H and O–H groups in total. The van der Waals surface area contributed by atoms with Crippen LogP contribution >= 0.6 is 7.60 Å². The van der Waals surface area contributed by atoms with Gasteiger partial charge in [-0.3, -0.25) is 4.57 Å². The monoisotopic (exact) mass is 213 g/mol. The highest BCUT2D eigenvalue weighted by atomic mass is 31.2. The first kappa shape index (κ1) is 10.9. The molecule has 1 unspecified atom stereocenters. The number of aliphatic hydroxyl groups is 1. The Hall–Kier alpha value is -1.18. The molecular formula is C8H8NO4P. The zero-order valence-electron chi connectivity index (χ0n) is 7.03. The molecule has 1 atom stereocenters. The zero-order chi connectivity index (χ0) is 10.8. The number of nitriles is 1. The molecular weight excluding hydrogens is 205 g/mol. The summed E-state index contributed by atoms with van der Waals surface area (Å²) in [6.07, 6.45) is 0. The predicted octanol–water partition coefficient (Wildman–Crippen LogP) is 0.727. The van der Waals surface area contributed by atoms with Gasteiger partial charge in [0, 0.05) is 0 Å². The molecule has 0 aliphatic heterocycles. The molecule has 0 bridgehead atoms. The first-order chi connectivity index (χ1) is 6.45. The lowest BCUT2D eigenvalue weighted by Gasteiger charge is -2.11. The summed E-state index contributed by atoms with van der Waals surface area (Å²) < 4.78 is 10.7. The first-order valence-corrected chi connectivity index (χ1v) is 5.36. The maximum atomic E-state index is 10.7. The fourth-order valence-corrected chi connectivity index (χ4v) is 1.48. The molecule has 1 rings (SSSR count). The van der Waals surface area contributed by atoms with Crippen LogP contribution in [0.2, 0.25) is 0 Å². The molecule has 0 spiro atoms. The van der Waals surface area contributed by atoms with Crippen molar-refractivity contribution in [2.24, 2.45) is 0 Å². The minimum Gasteiger partial charge on any atom is -0.376 e. The molecule has 5 nitrogen and oxygen atoms in total. The third-order valence-electron chi connectivity index (χ3n) is 1.66. The summed E-state index contributed by atoms with van der Waals surface area (Å²) >= 11 is 0. The van der Waals surface area contributed by atoms with Crippen LogP contribution in [-0.2, 0) is 4.57 Å². The van der Waals surface area contributed by atoms with Crippen molar-refractivity contribution in [1.82, 2.24) is 0 Å². The maximum Gasteiger partial charge on any atom is 0.358 e. The van der Waals surface area contributed by atoms with Crippen LogP contribution in [0.15, 0.2) is 24.3 Å². The van der Waals surface area contributed by atoms with Gasteiger partial charge in [-0.25, -0.2) is 0 Å². The van der Waals surface area contributed by atoms with E-state index in [4.69, 9.17) is 15.0 Å². The Labute approximate surface area is 80.4 Å². The minimum absolute atomic E-state index is 0.0948. The SMILES string of the molecule is N#Cc1ccc(C(O)P(=O)(O)O)cc1. The van der Waals surface area contributed by atoms with Crippen molar-refractivity contribution >= 4 is 7.60 Å². The maximum absolute atomic E-state index is 10.7. The number of hydrogen-bond acceptors (Lipinski definition) is 3. The molecule has 0 aliphatic rings. The van der Waals surface area contributed by atoms with Crippen LogP contribution in [0, 0.1) is 11.3 Å². The van der Waals surface area contributed by atoms with Crippen molar-refractivity contribution in [3.05, 3.63) is 35.4 Å². The fourth-order valence-electron chi connectivity index (χ4n) is 0.924. The van der Waals surface area contributed by atoms with Gasteiger partial charge in [0.1, 0.15) is 0 Å². The third kappa shape index (κ3) is 2.41. The average molecular weight is 213 g/mol. The molecule has 1 aromatic rings. The van der Waals surface area contributed by atoms with E-state index in [9.17, 15) is 9.67 Å². The Morgan fingerprint density at radius 1 is 1.29 bits per heavy atom. The van der Waals surface area contributed by atoms with Crippen molar-refractivity contribution < 1.29 is 19.5 Å². The van der Waals surface area contributed by atoms with E-state index in [1.807, 2.05) is 6.07 Å². The summed E-state index contributed by atoms with van der Waals surface area (Å²) in [5.74, 6) is -1.82. The number of aliphatic hydroxyl groups excluding tert-OH is 1. The average Bonchev–Trinajstić information content (AvgIpc) is 2.15. The Balaban J connectivity index is 3.00. The topological polar surface area (TPSA) is 102 Å². The number of benzene rings is 1. The van der Waals surface area contributed by atoms with Crippen molar-refractivity contribution in [3.8, 4) is 6.07 Å². The van der Waals surface area contributed by atoms with E-state index >= 15 is 0 Å². The Kier molecular flexibility index (Phi) is 3.04. The molecule has 1 aromatic carbocycles. The molecule has 0 aromatic heterocycles. The molecule has 0 radical (unpaired) electrons. The van der Waals surface area contributed by atoms with Crippen molar-refractivity contribution in [2.75, 3.05) is 0 Å². The smallest absolute Gasteiger partial charge is 0.358 e. The van der Waals surface area contributed by atoms with Gasteiger partial charge in [0.05, 0.1) is 11.6 Å². The quantitative estimate of drug-likeness (QED) is 0.628. The Morgan fingerprint density at radius 2 is 1.79 bits per heavy atom. The van der Waals surface area contributed by atoms with E-state index in [0.29, 0.717) is 5.56 Å². The molecule has 6 heteroatoms. The second kappa shape index (κ2) is 3.91. The van der Waals surface area contributed by atoms with Crippen LogP contribution in [0.4, 0.5) is 0 Å². The normalized spacial score (nSPS) is 13.3. The summed E-state index contributed by atoms with van der Waals surface area (Å²) in [6, 6.07) is 7.24. The summed E-state index contributed by atoms with van der Waals surface area (Å²) in [6.45, 7) is 0. The van der Waals surface area contributed by atoms with Gasteiger partial charge in [-0.15, -0.1) is 0 Å². The molecule has 0 fully saturated rings. The van der Waals surface area contributed by atoms with E-state index < -0.39 is 13.4 Å². The van der Waals surface area contributed by atoms with Gasteiger partial charge in [-0.2, -0.15) is 5.26 Å². The molecule has 0 saturated heterocycles. The lowest BCUT2D eigenvalue weighted by molar-refractivity contribution is 0.205. The van der Waals surface area contributed by atoms with E-state index in [2.05, 4.69) is 0 Å². The van der Waals surface area contributed by atoms with Gasteiger partial charge in [0.15, 0.2) is 5.85 Å². The van der Waals surface area contributed by atoms with Crippen LogP contribution in [0.25, 0.3) is 0 Å². The van der Waals surface area contributed by atoms with Crippen LogP contribution in [0.1, 0.15) is 17.0 Å². The van der Waals surface area contributed by atoms with Crippen molar-refractivity contribution in [2.45, 2.75) is 5.85 Å². The van der Waals surface area contributed by atoms with E-state index in [0.717, 1.165) is 0 Å². The van der Waals surface area contributed by atoms with Crippen molar-refractivity contribution in [3.63, 3.8) is 0 Å². The molecule has 0 heterocycles. The molecule has 0 amide bonds. The zero-order valence-corrected chi connectivity index (χ0v) is 7.93. The number of nitrogens with zero attached hydrogens (tertiary/aromatic N) is 1. The summed E-state index contributed by atoms with van der Waals surface area (Å²) in [5, 5.41) is 17.6. The highest BCUT2D eigenvalue weighted by molar-refractivity contribution is 7.51. The van der Waals surface area contributed by atoms with Gasteiger partial charge in [-0.1, -0.05) is 12.1 Å². The number of rotatable bonds is 2. The predicted molar refractivity (Wildman–Crippen MR) is 48.2 cm³/mol. The number of hydrogen-bond donors (Lipinski definition) is 3. The largest absolute Gasteiger partial charge is 0.376 e. The van der Waals surface area contributed by atoms with Crippen LogP contribution in [0.5, 0.6) is 0 Å². The van der Waals surface area contributed by atoms with Gasteiger partial charge in [0.25, 0.3) is 0 Å². The molecule has 0 saturated carbocycles. The van der Waals surface area contributed by atoms with Gasteiger partial charge >= 0.3 is 7.60 Å². The van der Waals surface area contributed by atoms with Gasteiger partial charge in [0.2, 0.25) is 0 Å². The van der Waals surface area contributed by atoms with Crippen LogP contribution < -0.4 is 0 Å². The van der Waals surface area contributed by atoms with Crippen LogP contribution in [-0.4, -0.2) is 14.9 Å². The fraction of sp³-hybridized carbons (Fsp3) is 0.125. The highest BCUT2D eigenvalue weighted by Crippen LogP contribution is 2.49. The standard InChI is InChI=1S/C8H8NO4P/c9-5-6-1-3-7(4-2-6)8(10)14(11,12)13/h1-4,8,10H,(H2,11,12,13). The highest BCUT2D eigenvalue weighted by Gasteiger charge is 2.27. The van der Waals surface area contributed by atoms with E-state index in [1.165, 1.54) is 24.3 Å². The van der Waals surface area contributed by atoms with E-state index in [1.54, 1.807) is 0 Å². The molecule has 0 aliphatic carbocycles.